The Bertz CT molecular complexity index is 874. The number of amides is 2. The average Bonchev–Trinajstić information content (AvgIpc) is 3.33. The van der Waals surface area contributed by atoms with Crippen LogP contribution >= 0.6 is 0 Å². The van der Waals surface area contributed by atoms with Crippen molar-refractivity contribution >= 4 is 11.8 Å². The van der Waals surface area contributed by atoms with E-state index in [1.54, 1.807) is 0 Å². The van der Waals surface area contributed by atoms with Gasteiger partial charge in [0, 0.05) is 38.4 Å². The number of carbonyl (C=O) groups is 2. The topological polar surface area (TPSA) is 79.5 Å². The molecule has 2 amide bonds. The lowest BCUT2D eigenvalue weighted by Crippen LogP contribution is -2.38. The second kappa shape index (κ2) is 10.1. The van der Waals surface area contributed by atoms with Crippen LogP contribution in [-0.4, -0.2) is 51.4 Å². The van der Waals surface area contributed by atoms with Crippen molar-refractivity contribution in [2.24, 2.45) is 0 Å². The number of hydrogen-bond acceptors (Lipinski definition) is 5. The quantitative estimate of drug-likeness (QED) is 0.703. The van der Waals surface area contributed by atoms with Crippen molar-refractivity contribution in [3.8, 4) is 0 Å². The first-order chi connectivity index (χ1) is 15.2. The predicted molar refractivity (Wildman–Crippen MR) is 116 cm³/mol. The van der Waals surface area contributed by atoms with Gasteiger partial charge in [-0.2, -0.15) is 0 Å². The molecule has 2 saturated heterocycles. The van der Waals surface area contributed by atoms with Gasteiger partial charge in [0.25, 0.3) is 0 Å². The molecule has 166 valence electrons. The van der Waals surface area contributed by atoms with Crippen LogP contribution in [0.25, 0.3) is 0 Å². The van der Waals surface area contributed by atoms with E-state index in [0.29, 0.717) is 24.6 Å². The highest BCUT2D eigenvalue weighted by Gasteiger charge is 2.33. The summed E-state index contributed by atoms with van der Waals surface area (Å²) in [4.78, 5) is 28.7. The van der Waals surface area contributed by atoms with Crippen molar-refractivity contribution in [2.45, 2.75) is 70.3 Å². The Labute approximate surface area is 183 Å². The highest BCUT2D eigenvalue weighted by molar-refractivity contribution is 5.77. The molecule has 7 heteroatoms. The fraction of sp³-hybridized carbons (Fsp3) is 0.583. The van der Waals surface area contributed by atoms with Gasteiger partial charge < -0.3 is 14.2 Å². The number of rotatable bonds is 6. The molecule has 0 spiro atoms. The Balaban J connectivity index is 1.38. The minimum atomic E-state index is -0.125. The first-order valence-corrected chi connectivity index (χ1v) is 11.6. The number of likely N-dealkylation sites (tertiary alicyclic amines) is 2. The van der Waals surface area contributed by atoms with Crippen LogP contribution in [0.3, 0.4) is 0 Å². The zero-order chi connectivity index (χ0) is 21.6. The maximum Gasteiger partial charge on any atom is 0.238 e. The molecule has 31 heavy (non-hydrogen) atoms. The molecule has 7 nitrogen and oxygen atoms in total. The van der Waals surface area contributed by atoms with Gasteiger partial charge in [-0.15, -0.1) is 10.2 Å². The Morgan fingerprint density at radius 3 is 2.45 bits per heavy atom. The van der Waals surface area contributed by atoms with Gasteiger partial charge in [0.1, 0.15) is 6.04 Å². The molecular weight excluding hydrogens is 392 g/mol. The van der Waals surface area contributed by atoms with E-state index in [1.807, 2.05) is 34.9 Å². The molecule has 3 heterocycles. The first-order valence-electron chi connectivity index (χ1n) is 11.6. The summed E-state index contributed by atoms with van der Waals surface area (Å²) in [7, 11) is 0. The molecule has 0 radical (unpaired) electrons. The van der Waals surface area contributed by atoms with Crippen LogP contribution in [0, 0.1) is 0 Å². The molecule has 0 saturated carbocycles. The summed E-state index contributed by atoms with van der Waals surface area (Å²) in [6.45, 7) is 4.12. The zero-order valence-corrected chi connectivity index (χ0v) is 18.3. The summed E-state index contributed by atoms with van der Waals surface area (Å²) in [6, 6.07) is 10.00. The number of piperidine rings is 2. The van der Waals surface area contributed by atoms with Crippen molar-refractivity contribution in [3.63, 3.8) is 0 Å². The summed E-state index contributed by atoms with van der Waals surface area (Å²) >= 11 is 0. The minimum absolute atomic E-state index is 0.125. The summed E-state index contributed by atoms with van der Waals surface area (Å²) in [6.07, 6.45) is 6.40. The van der Waals surface area contributed by atoms with Gasteiger partial charge in [-0.05, 0) is 44.1 Å². The molecule has 1 unspecified atom stereocenters. The third-order valence-corrected chi connectivity index (χ3v) is 6.53. The van der Waals surface area contributed by atoms with E-state index in [1.165, 1.54) is 5.56 Å². The molecule has 2 aliphatic rings. The van der Waals surface area contributed by atoms with Crippen molar-refractivity contribution in [2.75, 3.05) is 19.6 Å². The number of aryl methyl sites for hydroxylation is 1. The summed E-state index contributed by atoms with van der Waals surface area (Å²) in [5, 5.41) is 8.68. The largest absolute Gasteiger partial charge is 0.423 e. The van der Waals surface area contributed by atoms with Crippen LogP contribution in [-0.2, 0) is 16.0 Å². The fourth-order valence-electron chi connectivity index (χ4n) is 4.67. The van der Waals surface area contributed by atoms with E-state index >= 15 is 0 Å². The number of hydrogen-bond donors (Lipinski definition) is 0. The Morgan fingerprint density at radius 2 is 1.71 bits per heavy atom. The van der Waals surface area contributed by atoms with E-state index < -0.39 is 0 Å². The smallest absolute Gasteiger partial charge is 0.238 e. The Hall–Kier alpha value is -2.70. The zero-order valence-electron chi connectivity index (χ0n) is 18.3. The van der Waals surface area contributed by atoms with E-state index in [9.17, 15) is 9.59 Å². The van der Waals surface area contributed by atoms with Gasteiger partial charge in [0.05, 0.1) is 0 Å². The molecular formula is C24H32N4O3. The first kappa shape index (κ1) is 21.5. The maximum absolute atomic E-state index is 13.0. The van der Waals surface area contributed by atoms with Crippen LogP contribution in [0.1, 0.15) is 81.2 Å². The van der Waals surface area contributed by atoms with Crippen LogP contribution in [0.5, 0.6) is 0 Å². The highest BCUT2D eigenvalue weighted by Crippen LogP contribution is 2.34. The molecule has 1 aromatic heterocycles. The van der Waals surface area contributed by atoms with Crippen LogP contribution in [0.15, 0.2) is 34.7 Å². The number of carbonyl (C=O) groups excluding carboxylic acids is 2. The number of benzene rings is 1. The molecule has 0 bridgehead atoms. The van der Waals surface area contributed by atoms with Crippen molar-refractivity contribution in [1.82, 2.24) is 20.0 Å². The van der Waals surface area contributed by atoms with E-state index in [-0.39, 0.29) is 23.8 Å². The second-order valence-corrected chi connectivity index (χ2v) is 8.57. The second-order valence-electron chi connectivity index (χ2n) is 8.57. The van der Waals surface area contributed by atoms with Crippen LogP contribution < -0.4 is 0 Å². The summed E-state index contributed by atoms with van der Waals surface area (Å²) in [5.74, 6) is 1.76. The number of nitrogens with zero attached hydrogens (tertiary/aromatic N) is 4. The van der Waals surface area contributed by atoms with E-state index in [4.69, 9.17) is 4.42 Å². The summed E-state index contributed by atoms with van der Waals surface area (Å²) in [5.41, 5.74) is 1.18. The van der Waals surface area contributed by atoms with Crippen molar-refractivity contribution in [3.05, 3.63) is 47.7 Å². The number of aromatic nitrogens is 2. The molecule has 2 aromatic rings. The standard InChI is InChI=1S/C24H32N4O3/c1-2-21(29)27-16-13-19(14-17-27)23-25-26-24(31-23)20-10-6-7-15-28(20)22(30)12-11-18-8-4-3-5-9-18/h3-5,8-9,19-20H,2,6-7,10-17H2,1H3. The third-order valence-electron chi connectivity index (χ3n) is 6.53. The Kier molecular flexibility index (Phi) is 6.99. The molecule has 1 atom stereocenters. The van der Waals surface area contributed by atoms with Crippen molar-refractivity contribution < 1.29 is 14.0 Å². The van der Waals surface area contributed by atoms with Crippen LogP contribution in [0.2, 0.25) is 0 Å². The monoisotopic (exact) mass is 424 g/mol. The SMILES string of the molecule is CCC(=O)N1CCC(c2nnc(C3CCCCN3C(=O)CCc3ccccc3)o2)CC1. The normalized spacial score (nSPS) is 20.1. The lowest BCUT2D eigenvalue weighted by atomic mass is 9.96. The minimum Gasteiger partial charge on any atom is -0.423 e. The van der Waals surface area contributed by atoms with E-state index in [2.05, 4.69) is 22.3 Å². The average molecular weight is 425 g/mol. The maximum atomic E-state index is 13.0. The predicted octanol–water partition coefficient (Wildman–Crippen LogP) is 3.87. The molecule has 1 aromatic carbocycles. The summed E-state index contributed by atoms with van der Waals surface area (Å²) < 4.78 is 6.11. The van der Waals surface area contributed by atoms with Gasteiger partial charge in [-0.1, -0.05) is 37.3 Å². The van der Waals surface area contributed by atoms with Gasteiger partial charge in [0.15, 0.2) is 0 Å². The highest BCUT2D eigenvalue weighted by atomic mass is 16.4. The van der Waals surface area contributed by atoms with Gasteiger partial charge in [-0.3, -0.25) is 9.59 Å². The molecule has 4 rings (SSSR count). The Morgan fingerprint density at radius 1 is 0.968 bits per heavy atom. The molecule has 2 aliphatic heterocycles. The lowest BCUT2D eigenvalue weighted by molar-refractivity contribution is -0.135. The van der Waals surface area contributed by atoms with E-state index in [0.717, 1.165) is 58.2 Å². The van der Waals surface area contributed by atoms with Gasteiger partial charge >= 0.3 is 0 Å². The third kappa shape index (κ3) is 5.14. The molecule has 0 N–H and O–H groups in total. The molecule has 0 aliphatic carbocycles. The van der Waals surface area contributed by atoms with Crippen molar-refractivity contribution in [1.29, 1.82) is 0 Å². The molecule has 2 fully saturated rings. The fourth-order valence-corrected chi connectivity index (χ4v) is 4.67. The van der Waals surface area contributed by atoms with Gasteiger partial charge in [-0.25, -0.2) is 0 Å². The van der Waals surface area contributed by atoms with Gasteiger partial charge in [0.2, 0.25) is 23.6 Å². The van der Waals surface area contributed by atoms with Crippen LogP contribution in [0.4, 0.5) is 0 Å². The lowest BCUT2D eigenvalue weighted by Gasteiger charge is -2.33.